The number of halogens is 2. The van der Waals surface area contributed by atoms with Gasteiger partial charge in [0.1, 0.15) is 11.6 Å². The molecule has 0 fully saturated rings. The van der Waals surface area contributed by atoms with E-state index in [9.17, 15) is 13.6 Å². The Labute approximate surface area is 192 Å². The Kier molecular flexibility index (Phi) is 20.2. The van der Waals surface area contributed by atoms with Crippen LogP contribution >= 0.6 is 0 Å². The van der Waals surface area contributed by atoms with E-state index in [1.54, 1.807) is 42.2 Å². The topological polar surface area (TPSA) is 53.0 Å². The lowest BCUT2D eigenvalue weighted by Gasteiger charge is -2.24. The number of ether oxygens (including phenoxy) is 1. The van der Waals surface area contributed by atoms with E-state index in [1.165, 1.54) is 0 Å². The number of carbonyl (C=O) groups is 1. The first-order valence-electron chi connectivity index (χ1n) is 11.0. The van der Waals surface area contributed by atoms with Gasteiger partial charge in [-0.25, -0.2) is 13.6 Å². The zero-order chi connectivity index (χ0) is 24.9. The van der Waals surface area contributed by atoms with Crippen molar-refractivity contribution in [1.29, 1.82) is 0 Å². The molecule has 0 aliphatic carbocycles. The molecule has 0 atom stereocenters. The smallest absolute Gasteiger partial charge is 0.320 e. The number of benzene rings is 1. The van der Waals surface area contributed by atoms with Gasteiger partial charge in [0.2, 0.25) is 0 Å². The van der Waals surface area contributed by atoms with E-state index < -0.39 is 11.6 Å². The summed E-state index contributed by atoms with van der Waals surface area (Å²) in [6.07, 6.45) is 9.02. The van der Waals surface area contributed by atoms with Crippen LogP contribution in [0.2, 0.25) is 0 Å². The molecule has 2 rings (SSSR count). The molecule has 1 N–H and O–H groups in total. The lowest BCUT2D eigenvalue weighted by Crippen LogP contribution is -2.41. The van der Waals surface area contributed by atoms with Crippen LogP contribution in [0.1, 0.15) is 40.2 Å². The van der Waals surface area contributed by atoms with Crippen molar-refractivity contribution in [3.8, 4) is 0 Å². The predicted molar refractivity (Wildman–Crippen MR) is 130 cm³/mol. The molecule has 1 aliphatic heterocycles. The molecule has 0 aromatic heterocycles. The molecule has 1 aromatic carbocycles. The van der Waals surface area contributed by atoms with Crippen molar-refractivity contribution < 1.29 is 23.4 Å². The Morgan fingerprint density at radius 3 is 2.44 bits per heavy atom. The summed E-state index contributed by atoms with van der Waals surface area (Å²) in [5, 5.41) is 8.17. The summed E-state index contributed by atoms with van der Waals surface area (Å²) in [7, 11) is 3.25. The van der Waals surface area contributed by atoms with Crippen molar-refractivity contribution in [2.24, 2.45) is 0 Å². The third-order valence-corrected chi connectivity index (χ3v) is 3.97. The van der Waals surface area contributed by atoms with E-state index in [0.717, 1.165) is 18.2 Å². The second kappa shape index (κ2) is 20.4. The standard InChI is InChI=1S/C15H18F2N2O2.C6H10O.2C2H6/c1-18(7-8-21-2)15(20)19-6-5-11(10-19)13-9-12(16)3-4-14(13)17;1-2-3-4-5-6-7;2*1-2/h3-5,9H,6-8,10H2,1-2H3;2-5,7H,6H2,1H3;2*1-2H3/b;3-2-,5-4-;;. The zero-order valence-corrected chi connectivity index (χ0v) is 20.6. The van der Waals surface area contributed by atoms with E-state index >= 15 is 0 Å². The Bertz CT molecular complexity index is 719. The molecule has 2 amide bonds. The third-order valence-electron chi connectivity index (χ3n) is 3.97. The van der Waals surface area contributed by atoms with Gasteiger partial charge in [-0.1, -0.05) is 58.1 Å². The number of hydrogen-bond donors (Lipinski definition) is 1. The first kappa shape index (κ1) is 31.7. The SMILES string of the molecule is C/C=C\C=C/CO.CC.CC.COCCN(C)C(=O)N1CC=C(c2cc(F)ccc2F)C1. The number of carbonyl (C=O) groups excluding carboxylic acids is 1. The van der Waals surface area contributed by atoms with E-state index in [-0.39, 0.29) is 24.7 Å². The molecular formula is C25H40F2N2O3. The summed E-state index contributed by atoms with van der Waals surface area (Å²) in [5.41, 5.74) is 0.838. The Balaban J connectivity index is 0. The van der Waals surface area contributed by atoms with Crippen LogP contribution in [-0.4, -0.2) is 67.9 Å². The van der Waals surface area contributed by atoms with Crippen LogP contribution in [0.4, 0.5) is 13.6 Å². The van der Waals surface area contributed by atoms with Gasteiger partial charge in [0.25, 0.3) is 0 Å². The number of hydrogen-bond acceptors (Lipinski definition) is 3. The normalized spacial score (nSPS) is 12.3. The second-order valence-corrected chi connectivity index (χ2v) is 6.07. The van der Waals surface area contributed by atoms with E-state index in [1.807, 2.05) is 46.8 Å². The number of aliphatic hydroxyl groups excluding tert-OH is 1. The van der Waals surface area contributed by atoms with Crippen molar-refractivity contribution in [3.63, 3.8) is 0 Å². The van der Waals surface area contributed by atoms with Gasteiger partial charge in [-0.2, -0.15) is 0 Å². The van der Waals surface area contributed by atoms with Crippen LogP contribution in [0.15, 0.2) is 48.6 Å². The lowest BCUT2D eigenvalue weighted by molar-refractivity contribution is 0.143. The monoisotopic (exact) mass is 454 g/mol. The zero-order valence-electron chi connectivity index (χ0n) is 20.6. The number of likely N-dealkylation sites (N-methyl/N-ethyl adjacent to an activating group) is 1. The van der Waals surface area contributed by atoms with Crippen LogP contribution in [-0.2, 0) is 4.74 Å². The maximum absolute atomic E-state index is 13.7. The largest absolute Gasteiger partial charge is 0.392 e. The predicted octanol–water partition coefficient (Wildman–Crippen LogP) is 5.53. The van der Waals surface area contributed by atoms with Crippen molar-refractivity contribution in [3.05, 3.63) is 65.8 Å². The Hall–Kier alpha value is -2.51. The lowest BCUT2D eigenvalue weighted by atomic mass is 10.1. The van der Waals surface area contributed by atoms with E-state index in [2.05, 4.69) is 0 Å². The van der Waals surface area contributed by atoms with Crippen molar-refractivity contribution >= 4 is 11.6 Å². The summed E-state index contributed by atoms with van der Waals surface area (Å²) in [6, 6.07) is 3.18. The second-order valence-electron chi connectivity index (χ2n) is 6.07. The van der Waals surface area contributed by atoms with Gasteiger partial charge in [0, 0.05) is 39.4 Å². The van der Waals surface area contributed by atoms with E-state index in [4.69, 9.17) is 9.84 Å². The molecule has 7 heteroatoms. The molecule has 5 nitrogen and oxygen atoms in total. The summed E-state index contributed by atoms with van der Waals surface area (Å²) in [6.45, 7) is 11.7. The number of rotatable bonds is 6. The van der Waals surface area contributed by atoms with Gasteiger partial charge in [0.15, 0.2) is 0 Å². The van der Waals surface area contributed by atoms with Crippen molar-refractivity contribution in [2.45, 2.75) is 34.6 Å². The fourth-order valence-corrected chi connectivity index (χ4v) is 2.46. The Morgan fingerprint density at radius 2 is 1.88 bits per heavy atom. The minimum Gasteiger partial charge on any atom is -0.392 e. The number of amides is 2. The van der Waals surface area contributed by atoms with Crippen LogP contribution in [0, 0.1) is 11.6 Å². The molecule has 32 heavy (non-hydrogen) atoms. The minimum atomic E-state index is -0.491. The van der Waals surface area contributed by atoms with Gasteiger partial charge in [-0.15, -0.1) is 0 Å². The minimum absolute atomic E-state index is 0.129. The number of allylic oxidation sites excluding steroid dienone is 3. The molecular weight excluding hydrogens is 414 g/mol. The number of aliphatic hydroxyl groups is 1. The molecule has 0 saturated carbocycles. The Morgan fingerprint density at radius 1 is 1.22 bits per heavy atom. The first-order valence-corrected chi connectivity index (χ1v) is 11.0. The molecule has 1 aromatic rings. The summed E-state index contributed by atoms with van der Waals surface area (Å²) in [4.78, 5) is 15.3. The highest BCUT2D eigenvalue weighted by atomic mass is 19.1. The quantitative estimate of drug-likeness (QED) is 0.576. The van der Waals surface area contributed by atoms with Crippen LogP contribution < -0.4 is 0 Å². The molecule has 0 saturated heterocycles. The maximum atomic E-state index is 13.7. The fourth-order valence-electron chi connectivity index (χ4n) is 2.46. The van der Waals surface area contributed by atoms with Crippen molar-refractivity contribution in [1.82, 2.24) is 9.80 Å². The highest BCUT2D eigenvalue weighted by Crippen LogP contribution is 2.24. The van der Waals surface area contributed by atoms with E-state index in [0.29, 0.717) is 25.3 Å². The number of methoxy groups -OCH3 is 1. The molecule has 1 aliphatic rings. The third kappa shape index (κ3) is 12.4. The fraction of sp³-hybridized carbons (Fsp3) is 0.480. The first-order chi connectivity index (χ1) is 15.4. The van der Waals surface area contributed by atoms with Crippen LogP contribution in [0.3, 0.4) is 0 Å². The molecule has 0 bridgehead atoms. The van der Waals surface area contributed by atoms with Crippen molar-refractivity contribution in [2.75, 3.05) is 47.0 Å². The molecule has 0 radical (unpaired) electrons. The highest BCUT2D eigenvalue weighted by Gasteiger charge is 2.24. The average Bonchev–Trinajstić information content (AvgIpc) is 3.32. The summed E-state index contributed by atoms with van der Waals surface area (Å²) >= 11 is 0. The van der Waals surface area contributed by atoms with Crippen LogP contribution in [0.25, 0.3) is 5.57 Å². The summed E-state index contributed by atoms with van der Waals surface area (Å²) < 4.78 is 31.9. The highest BCUT2D eigenvalue weighted by molar-refractivity contribution is 5.80. The summed E-state index contributed by atoms with van der Waals surface area (Å²) in [5.74, 6) is -0.973. The van der Waals surface area contributed by atoms with Gasteiger partial charge in [-0.05, 0) is 30.7 Å². The van der Waals surface area contributed by atoms with Gasteiger partial charge in [0.05, 0.1) is 13.2 Å². The average molecular weight is 455 g/mol. The molecule has 0 unspecified atom stereocenters. The van der Waals surface area contributed by atoms with Gasteiger partial charge < -0.3 is 19.6 Å². The molecule has 182 valence electrons. The molecule has 1 heterocycles. The molecule has 0 spiro atoms. The maximum Gasteiger partial charge on any atom is 0.320 e. The number of urea groups is 1. The van der Waals surface area contributed by atoms with Gasteiger partial charge >= 0.3 is 6.03 Å². The van der Waals surface area contributed by atoms with Gasteiger partial charge in [-0.3, -0.25) is 0 Å². The number of nitrogens with zero attached hydrogens (tertiary/aromatic N) is 2. The van der Waals surface area contributed by atoms with Crippen LogP contribution in [0.5, 0.6) is 0 Å².